The van der Waals surface area contributed by atoms with E-state index in [2.05, 4.69) is 25.8 Å². The summed E-state index contributed by atoms with van der Waals surface area (Å²) >= 11 is 0. The fraction of sp³-hybridized carbons (Fsp3) is 0.0476. The molecule has 2 N–H and O–H groups in total. The molecule has 0 saturated heterocycles. The minimum Gasteiger partial charge on any atom is -0.496 e. The van der Waals surface area contributed by atoms with Crippen molar-refractivity contribution in [2.45, 2.75) is 0 Å². The Kier molecular flexibility index (Phi) is 4.79. The molecule has 0 aliphatic carbocycles. The van der Waals surface area contributed by atoms with Crippen LogP contribution in [0.15, 0.2) is 72.9 Å². The normalized spacial score (nSPS) is 10.5. The van der Waals surface area contributed by atoms with Crippen molar-refractivity contribution in [3.8, 4) is 5.75 Å². The predicted octanol–water partition coefficient (Wildman–Crippen LogP) is 4.03. The third kappa shape index (κ3) is 3.59. The lowest BCUT2D eigenvalue weighted by Gasteiger charge is -2.10. The molecule has 2 aromatic carbocycles. The van der Waals surface area contributed by atoms with Crippen LogP contribution in [-0.2, 0) is 0 Å². The van der Waals surface area contributed by atoms with Crippen LogP contribution in [0.3, 0.4) is 0 Å². The fourth-order valence-electron chi connectivity index (χ4n) is 2.82. The number of carbonyl (C=O) groups is 1. The molecule has 0 radical (unpaired) electrons. The Bertz CT molecular complexity index is 1120. The number of amides is 1. The number of fused-ring (bicyclic) bond motifs is 1. The largest absolute Gasteiger partial charge is 0.496 e. The van der Waals surface area contributed by atoms with Crippen LogP contribution in [0.25, 0.3) is 10.9 Å². The molecule has 4 aromatic rings. The predicted molar refractivity (Wildman–Crippen MR) is 108 cm³/mol. The van der Waals surface area contributed by atoms with Gasteiger partial charge in [0.05, 0.1) is 23.9 Å². The van der Waals surface area contributed by atoms with Gasteiger partial charge in [0, 0.05) is 11.6 Å². The van der Waals surface area contributed by atoms with E-state index in [-0.39, 0.29) is 5.91 Å². The summed E-state index contributed by atoms with van der Waals surface area (Å²) in [5.74, 6) is 1.08. The molecule has 2 aromatic heterocycles. The summed E-state index contributed by atoms with van der Waals surface area (Å²) in [5.41, 5.74) is 2.11. The lowest BCUT2D eigenvalue weighted by Crippen LogP contribution is -2.14. The van der Waals surface area contributed by atoms with Crippen LogP contribution < -0.4 is 15.4 Å². The van der Waals surface area contributed by atoms with Crippen LogP contribution in [0.2, 0.25) is 0 Å². The number of pyridine rings is 1. The van der Waals surface area contributed by atoms with E-state index in [1.165, 1.54) is 7.11 Å². The summed E-state index contributed by atoms with van der Waals surface area (Å²) in [4.78, 5) is 16.8. The smallest absolute Gasteiger partial charge is 0.260 e. The first-order valence-corrected chi connectivity index (χ1v) is 8.63. The van der Waals surface area contributed by atoms with Crippen LogP contribution in [0, 0.1) is 0 Å². The van der Waals surface area contributed by atoms with Gasteiger partial charge in [-0.25, -0.2) is 0 Å². The lowest BCUT2D eigenvalue weighted by molar-refractivity contribution is 0.102. The number of methoxy groups -OCH3 is 1. The molecule has 7 heteroatoms. The maximum atomic E-state index is 12.4. The van der Waals surface area contributed by atoms with E-state index in [1.807, 2.05) is 30.3 Å². The fourth-order valence-corrected chi connectivity index (χ4v) is 2.82. The molecule has 0 atom stereocenters. The van der Waals surface area contributed by atoms with Crippen molar-refractivity contribution >= 4 is 34.1 Å². The van der Waals surface area contributed by atoms with Gasteiger partial charge >= 0.3 is 0 Å². The van der Waals surface area contributed by atoms with Gasteiger partial charge < -0.3 is 15.4 Å². The van der Waals surface area contributed by atoms with E-state index in [0.717, 1.165) is 16.6 Å². The van der Waals surface area contributed by atoms with E-state index >= 15 is 0 Å². The van der Waals surface area contributed by atoms with Crippen molar-refractivity contribution in [1.29, 1.82) is 0 Å². The van der Waals surface area contributed by atoms with Crippen molar-refractivity contribution in [2.24, 2.45) is 0 Å². The number of carbonyl (C=O) groups excluding carboxylic acids is 1. The lowest BCUT2D eigenvalue weighted by atomic mass is 10.2. The minimum absolute atomic E-state index is 0.314. The van der Waals surface area contributed by atoms with Crippen molar-refractivity contribution in [2.75, 3.05) is 17.7 Å². The first kappa shape index (κ1) is 17.4. The molecule has 28 heavy (non-hydrogen) atoms. The number of nitrogens with zero attached hydrogens (tertiary/aromatic N) is 3. The first-order valence-electron chi connectivity index (χ1n) is 8.63. The Morgan fingerprint density at radius 2 is 1.68 bits per heavy atom. The number of ether oxygens (including phenoxy) is 1. The standard InChI is InChI=1S/C21H17N5O2/c1-28-17-10-3-2-8-15(17)21(27)24-19-12-11-18(25-26-19)23-16-9-4-6-14-7-5-13-22-20(14)16/h2-13H,1H3,(H,23,25)(H,24,26,27). The van der Waals surface area contributed by atoms with Crippen LogP contribution in [0.5, 0.6) is 5.75 Å². The maximum Gasteiger partial charge on any atom is 0.260 e. The summed E-state index contributed by atoms with van der Waals surface area (Å²) in [6, 6.07) is 20.2. The highest BCUT2D eigenvalue weighted by Gasteiger charge is 2.12. The van der Waals surface area contributed by atoms with Gasteiger partial charge in [-0.15, -0.1) is 10.2 Å². The summed E-state index contributed by atoms with van der Waals surface area (Å²) in [6.07, 6.45) is 1.75. The maximum absolute atomic E-state index is 12.4. The molecule has 0 spiro atoms. The molecule has 0 unspecified atom stereocenters. The van der Waals surface area contributed by atoms with Gasteiger partial charge in [0.2, 0.25) is 0 Å². The number of hydrogen-bond acceptors (Lipinski definition) is 6. The van der Waals surface area contributed by atoms with Gasteiger partial charge in [0.15, 0.2) is 11.6 Å². The monoisotopic (exact) mass is 371 g/mol. The zero-order chi connectivity index (χ0) is 19.3. The van der Waals surface area contributed by atoms with Crippen LogP contribution in [-0.4, -0.2) is 28.2 Å². The summed E-state index contributed by atoms with van der Waals surface area (Å²) in [7, 11) is 1.52. The molecule has 0 aliphatic heterocycles. The molecular formula is C21H17N5O2. The molecule has 138 valence electrons. The summed E-state index contributed by atoms with van der Waals surface area (Å²) in [6.45, 7) is 0. The topological polar surface area (TPSA) is 89.0 Å². The van der Waals surface area contributed by atoms with Crippen LogP contribution >= 0.6 is 0 Å². The number of aromatic nitrogens is 3. The molecule has 4 rings (SSSR count). The van der Waals surface area contributed by atoms with E-state index in [4.69, 9.17) is 4.74 Å². The summed E-state index contributed by atoms with van der Waals surface area (Å²) < 4.78 is 5.21. The summed E-state index contributed by atoms with van der Waals surface area (Å²) in [5, 5.41) is 15.2. The van der Waals surface area contributed by atoms with Crippen LogP contribution in [0.4, 0.5) is 17.3 Å². The second-order valence-corrected chi connectivity index (χ2v) is 5.96. The Labute approximate surface area is 161 Å². The third-order valence-electron chi connectivity index (χ3n) is 4.15. The number of nitrogens with one attached hydrogen (secondary N) is 2. The molecule has 0 bridgehead atoms. The quantitative estimate of drug-likeness (QED) is 0.551. The molecule has 7 nitrogen and oxygen atoms in total. The Balaban J connectivity index is 1.50. The number of anilines is 3. The first-order chi connectivity index (χ1) is 13.7. The number of benzene rings is 2. The van der Waals surface area contributed by atoms with E-state index < -0.39 is 0 Å². The van der Waals surface area contributed by atoms with Crippen LogP contribution in [0.1, 0.15) is 10.4 Å². The molecule has 0 aliphatic rings. The Hall–Kier alpha value is -4.00. The van der Waals surface area contributed by atoms with Gasteiger partial charge in [-0.05, 0) is 36.4 Å². The second-order valence-electron chi connectivity index (χ2n) is 5.96. The number of hydrogen-bond donors (Lipinski definition) is 2. The third-order valence-corrected chi connectivity index (χ3v) is 4.15. The van der Waals surface area contributed by atoms with Crippen molar-refractivity contribution < 1.29 is 9.53 Å². The number of para-hydroxylation sites is 2. The Morgan fingerprint density at radius 3 is 2.50 bits per heavy atom. The van der Waals surface area contributed by atoms with E-state index in [1.54, 1.807) is 42.6 Å². The molecule has 2 heterocycles. The molecule has 0 fully saturated rings. The van der Waals surface area contributed by atoms with Gasteiger partial charge in [-0.1, -0.05) is 30.3 Å². The van der Waals surface area contributed by atoms with E-state index in [9.17, 15) is 4.79 Å². The number of rotatable bonds is 5. The highest BCUT2D eigenvalue weighted by Crippen LogP contribution is 2.24. The second kappa shape index (κ2) is 7.71. The van der Waals surface area contributed by atoms with Gasteiger partial charge in [-0.3, -0.25) is 9.78 Å². The highest BCUT2D eigenvalue weighted by atomic mass is 16.5. The van der Waals surface area contributed by atoms with Crippen molar-refractivity contribution in [1.82, 2.24) is 15.2 Å². The molecule has 0 saturated carbocycles. The van der Waals surface area contributed by atoms with Crippen molar-refractivity contribution in [3.05, 3.63) is 78.5 Å². The zero-order valence-electron chi connectivity index (χ0n) is 15.1. The SMILES string of the molecule is COc1ccccc1C(=O)Nc1ccc(Nc2cccc3cccnc23)nn1. The average Bonchev–Trinajstić information content (AvgIpc) is 2.75. The zero-order valence-corrected chi connectivity index (χ0v) is 15.1. The van der Waals surface area contributed by atoms with Gasteiger partial charge in [0.25, 0.3) is 5.91 Å². The van der Waals surface area contributed by atoms with E-state index in [0.29, 0.717) is 22.9 Å². The highest BCUT2D eigenvalue weighted by molar-refractivity contribution is 6.05. The van der Waals surface area contributed by atoms with Gasteiger partial charge in [0.1, 0.15) is 5.75 Å². The average molecular weight is 371 g/mol. The van der Waals surface area contributed by atoms with Crippen molar-refractivity contribution in [3.63, 3.8) is 0 Å². The minimum atomic E-state index is -0.314. The Morgan fingerprint density at radius 1 is 0.893 bits per heavy atom. The molecular weight excluding hydrogens is 354 g/mol. The molecule has 1 amide bonds. The van der Waals surface area contributed by atoms with Gasteiger partial charge in [-0.2, -0.15) is 0 Å².